The van der Waals surface area contributed by atoms with Gasteiger partial charge in [0.2, 0.25) is 11.5 Å². The third kappa shape index (κ3) is 7.00. The smallest absolute Gasteiger partial charge is 0.310 e. The summed E-state index contributed by atoms with van der Waals surface area (Å²) >= 11 is 0. The second-order valence-corrected chi connectivity index (χ2v) is 5.48. The molecule has 8 heteroatoms. The summed E-state index contributed by atoms with van der Waals surface area (Å²) in [5, 5.41) is 2.69. The van der Waals surface area contributed by atoms with E-state index in [9.17, 15) is 19.2 Å². The predicted molar refractivity (Wildman–Crippen MR) is 98.3 cm³/mol. The van der Waals surface area contributed by atoms with E-state index >= 15 is 0 Å². The van der Waals surface area contributed by atoms with Gasteiger partial charge in [0.05, 0.1) is 0 Å². The Balaban J connectivity index is 0.000000412. The number of hydrogen-bond donors (Lipinski definition) is 2. The molecule has 0 aliphatic carbocycles. The largest absolute Gasteiger partial charge is 0.399 e. The minimum Gasteiger partial charge on any atom is -0.399 e. The molecule has 0 saturated carbocycles. The average molecular weight is 359 g/mol. The Labute approximate surface area is 150 Å². The number of nitrogens with two attached hydrogens (primary N) is 1. The first-order valence-electron chi connectivity index (χ1n) is 7.62. The number of nitrogens with one attached hydrogen (secondary N) is 1. The number of rotatable bonds is 2. The third-order valence-corrected chi connectivity index (χ3v) is 2.98. The van der Waals surface area contributed by atoms with Crippen molar-refractivity contribution in [3.05, 3.63) is 46.9 Å². The maximum Gasteiger partial charge on any atom is 0.310 e. The monoisotopic (exact) mass is 359 g/mol. The normalized spacial score (nSPS) is 9.54. The van der Waals surface area contributed by atoms with E-state index in [1.54, 1.807) is 31.4 Å². The van der Waals surface area contributed by atoms with Gasteiger partial charge < -0.3 is 20.4 Å². The van der Waals surface area contributed by atoms with E-state index in [1.807, 2.05) is 6.07 Å². The third-order valence-electron chi connectivity index (χ3n) is 2.98. The lowest BCUT2D eigenvalue weighted by Gasteiger charge is -2.09. The van der Waals surface area contributed by atoms with Crippen molar-refractivity contribution in [2.75, 3.05) is 11.1 Å². The number of nitrogens with zero attached hydrogens (tertiary/aromatic N) is 1. The standard InChI is InChI=1S/C14H15N3O2.C4H6O3/c1-9(18)16-13-6-11(5-12(15)7-13)10-3-4-14(19)17(2)8-10;1-3(5)7-4(2)6/h3-8H,15H2,1-2H3,(H,16,18);1-2H3. The van der Waals surface area contributed by atoms with E-state index in [4.69, 9.17) is 5.73 Å². The molecule has 26 heavy (non-hydrogen) atoms. The first kappa shape index (κ1) is 20.6. The van der Waals surface area contributed by atoms with Gasteiger partial charge in [0.25, 0.3) is 0 Å². The van der Waals surface area contributed by atoms with Crippen LogP contribution in [0.1, 0.15) is 20.8 Å². The molecule has 0 spiro atoms. The van der Waals surface area contributed by atoms with Gasteiger partial charge in [-0.2, -0.15) is 0 Å². The molecule has 1 heterocycles. The average Bonchev–Trinajstić information content (AvgIpc) is 2.48. The lowest BCUT2D eigenvalue weighted by molar-refractivity contribution is -0.156. The van der Waals surface area contributed by atoms with Crippen molar-refractivity contribution in [2.24, 2.45) is 7.05 Å². The zero-order valence-electron chi connectivity index (χ0n) is 15.0. The summed E-state index contributed by atoms with van der Waals surface area (Å²) in [4.78, 5) is 42.1. The van der Waals surface area contributed by atoms with Gasteiger partial charge in [-0.25, -0.2) is 0 Å². The van der Waals surface area contributed by atoms with Crippen molar-refractivity contribution in [1.29, 1.82) is 0 Å². The number of hydrogen-bond acceptors (Lipinski definition) is 6. The molecule has 3 N–H and O–H groups in total. The maximum absolute atomic E-state index is 11.4. The van der Waals surface area contributed by atoms with Gasteiger partial charge in [0.1, 0.15) is 0 Å². The van der Waals surface area contributed by atoms with E-state index in [0.717, 1.165) is 11.1 Å². The van der Waals surface area contributed by atoms with Gasteiger partial charge in [0.15, 0.2) is 0 Å². The SMILES string of the molecule is CC(=O)Nc1cc(N)cc(-c2ccc(=O)n(C)c2)c1.CC(=O)OC(C)=O. The molecular formula is C18H21N3O5. The summed E-state index contributed by atoms with van der Waals surface area (Å²) in [5.74, 6) is -1.28. The van der Waals surface area contributed by atoms with Crippen LogP contribution in [-0.4, -0.2) is 22.4 Å². The Bertz CT molecular complexity index is 875. The van der Waals surface area contributed by atoms with E-state index in [-0.39, 0.29) is 11.5 Å². The van der Waals surface area contributed by atoms with Crippen molar-refractivity contribution in [3.63, 3.8) is 0 Å². The Hall–Kier alpha value is -3.42. The number of pyridine rings is 1. The molecule has 2 aromatic rings. The molecule has 0 aliphatic rings. The molecule has 0 aliphatic heterocycles. The van der Waals surface area contributed by atoms with Crippen LogP contribution in [0, 0.1) is 0 Å². The van der Waals surface area contributed by atoms with Crippen LogP contribution >= 0.6 is 0 Å². The Kier molecular flexibility index (Phi) is 7.27. The van der Waals surface area contributed by atoms with Crippen molar-refractivity contribution in [2.45, 2.75) is 20.8 Å². The lowest BCUT2D eigenvalue weighted by Crippen LogP contribution is -2.14. The summed E-state index contributed by atoms with van der Waals surface area (Å²) in [7, 11) is 1.69. The number of carbonyl (C=O) groups excluding carboxylic acids is 3. The molecule has 0 unspecified atom stereocenters. The van der Waals surface area contributed by atoms with Crippen LogP contribution in [0.15, 0.2) is 41.3 Å². The fraction of sp³-hybridized carbons (Fsp3) is 0.222. The van der Waals surface area contributed by atoms with Crippen LogP contribution in [-0.2, 0) is 26.2 Å². The van der Waals surface area contributed by atoms with Crippen molar-refractivity contribution in [3.8, 4) is 11.1 Å². The molecule has 0 atom stereocenters. The van der Waals surface area contributed by atoms with Gasteiger partial charge in [-0.05, 0) is 35.4 Å². The molecule has 1 aromatic heterocycles. The highest BCUT2D eigenvalue weighted by Gasteiger charge is 2.04. The fourth-order valence-corrected chi connectivity index (χ4v) is 2.06. The number of esters is 2. The summed E-state index contributed by atoms with van der Waals surface area (Å²) in [6.07, 6.45) is 1.73. The summed E-state index contributed by atoms with van der Waals surface area (Å²) in [6.45, 7) is 3.80. The summed E-state index contributed by atoms with van der Waals surface area (Å²) in [5.41, 5.74) is 8.64. The molecule has 1 amide bonds. The number of amides is 1. The first-order valence-corrected chi connectivity index (χ1v) is 7.62. The zero-order valence-corrected chi connectivity index (χ0v) is 15.0. The number of benzene rings is 1. The highest BCUT2D eigenvalue weighted by molar-refractivity contribution is 5.90. The maximum atomic E-state index is 11.4. The first-order chi connectivity index (χ1) is 12.1. The van der Waals surface area contributed by atoms with Gasteiger partial charge in [-0.3, -0.25) is 19.2 Å². The number of aryl methyl sites for hydroxylation is 1. The second kappa shape index (κ2) is 9.16. The van der Waals surface area contributed by atoms with E-state index in [0.29, 0.717) is 11.4 Å². The number of nitrogen functional groups attached to an aromatic ring is 1. The Morgan fingerprint density at radius 3 is 2.08 bits per heavy atom. The van der Waals surface area contributed by atoms with Crippen LogP contribution in [0.2, 0.25) is 0 Å². The molecular weight excluding hydrogens is 338 g/mol. The molecule has 0 bridgehead atoms. The number of ether oxygens (including phenoxy) is 1. The molecule has 0 saturated heterocycles. The van der Waals surface area contributed by atoms with Crippen LogP contribution in [0.25, 0.3) is 11.1 Å². The molecule has 1 aromatic carbocycles. The Morgan fingerprint density at radius 2 is 1.62 bits per heavy atom. The predicted octanol–water partition coefficient (Wildman–Crippen LogP) is 1.69. The van der Waals surface area contributed by atoms with E-state index in [1.165, 1.54) is 31.4 Å². The van der Waals surface area contributed by atoms with Crippen molar-refractivity contribution < 1.29 is 19.1 Å². The van der Waals surface area contributed by atoms with Gasteiger partial charge in [-0.15, -0.1) is 0 Å². The van der Waals surface area contributed by atoms with Crippen LogP contribution in [0.5, 0.6) is 0 Å². The molecule has 2 rings (SSSR count). The van der Waals surface area contributed by atoms with Crippen molar-refractivity contribution >= 4 is 29.2 Å². The van der Waals surface area contributed by atoms with Crippen molar-refractivity contribution in [1.82, 2.24) is 4.57 Å². The molecule has 8 nitrogen and oxygen atoms in total. The van der Waals surface area contributed by atoms with E-state index < -0.39 is 11.9 Å². The quantitative estimate of drug-likeness (QED) is 0.478. The van der Waals surface area contributed by atoms with Crippen LogP contribution in [0.4, 0.5) is 11.4 Å². The van der Waals surface area contributed by atoms with E-state index in [2.05, 4.69) is 10.1 Å². The summed E-state index contributed by atoms with van der Waals surface area (Å²) < 4.78 is 5.47. The van der Waals surface area contributed by atoms with Crippen LogP contribution < -0.4 is 16.6 Å². The fourth-order valence-electron chi connectivity index (χ4n) is 2.06. The number of aromatic nitrogens is 1. The number of carbonyl (C=O) groups is 3. The minimum atomic E-state index is -0.562. The topological polar surface area (TPSA) is 120 Å². The van der Waals surface area contributed by atoms with Crippen LogP contribution in [0.3, 0.4) is 0 Å². The van der Waals surface area contributed by atoms with Gasteiger partial charge >= 0.3 is 11.9 Å². The Morgan fingerprint density at radius 1 is 1.00 bits per heavy atom. The van der Waals surface area contributed by atoms with Gasteiger partial charge in [0, 0.05) is 51.5 Å². The van der Waals surface area contributed by atoms with Gasteiger partial charge in [-0.1, -0.05) is 0 Å². The lowest BCUT2D eigenvalue weighted by atomic mass is 10.1. The highest BCUT2D eigenvalue weighted by Crippen LogP contribution is 2.25. The highest BCUT2D eigenvalue weighted by atomic mass is 16.6. The minimum absolute atomic E-state index is 0.0743. The molecule has 138 valence electrons. The summed E-state index contributed by atoms with van der Waals surface area (Å²) in [6, 6.07) is 8.53. The second-order valence-electron chi connectivity index (χ2n) is 5.48. The molecule has 0 fully saturated rings. The molecule has 0 radical (unpaired) electrons. The number of anilines is 2. The zero-order chi connectivity index (χ0) is 19.9.